The Balaban J connectivity index is 1.86. The highest BCUT2D eigenvalue weighted by Gasteiger charge is 2.23. The van der Waals surface area contributed by atoms with Gasteiger partial charge < -0.3 is 10.1 Å². The van der Waals surface area contributed by atoms with E-state index >= 15 is 0 Å². The molecule has 1 aromatic rings. The lowest BCUT2D eigenvalue weighted by Gasteiger charge is -2.31. The van der Waals surface area contributed by atoms with Crippen molar-refractivity contribution in [3.63, 3.8) is 0 Å². The standard InChI is InChI=1S/C13H19FN2O/c1-2-12-10(4-3-7-15-12)9-17-13-6-5-11(14)8-16-13/h5-6,8,10,12,15H,2-4,7,9H2,1H3/t10-,12?/m0/s1. The van der Waals surface area contributed by atoms with E-state index in [1.165, 1.54) is 25.1 Å². The van der Waals surface area contributed by atoms with E-state index in [0.29, 0.717) is 24.4 Å². The van der Waals surface area contributed by atoms with E-state index in [0.717, 1.165) is 13.0 Å². The summed E-state index contributed by atoms with van der Waals surface area (Å²) in [5, 5.41) is 3.50. The normalized spacial score (nSPS) is 24.6. The van der Waals surface area contributed by atoms with Crippen molar-refractivity contribution in [2.75, 3.05) is 13.2 Å². The highest BCUT2D eigenvalue weighted by Crippen LogP contribution is 2.20. The fourth-order valence-corrected chi connectivity index (χ4v) is 2.34. The smallest absolute Gasteiger partial charge is 0.213 e. The Bertz CT molecular complexity index is 342. The number of hydrogen-bond acceptors (Lipinski definition) is 3. The number of piperidine rings is 1. The third-order valence-corrected chi connectivity index (χ3v) is 3.31. The zero-order chi connectivity index (χ0) is 12.1. The minimum Gasteiger partial charge on any atom is -0.477 e. The van der Waals surface area contributed by atoms with Crippen LogP contribution in [0.15, 0.2) is 18.3 Å². The third-order valence-electron chi connectivity index (χ3n) is 3.31. The third kappa shape index (κ3) is 3.40. The maximum absolute atomic E-state index is 12.7. The van der Waals surface area contributed by atoms with Crippen LogP contribution in [-0.4, -0.2) is 24.2 Å². The average Bonchev–Trinajstić information content (AvgIpc) is 2.38. The number of rotatable bonds is 4. The van der Waals surface area contributed by atoms with Crippen LogP contribution in [0.2, 0.25) is 0 Å². The Morgan fingerprint density at radius 1 is 1.53 bits per heavy atom. The van der Waals surface area contributed by atoms with E-state index < -0.39 is 0 Å². The number of ether oxygens (including phenoxy) is 1. The highest BCUT2D eigenvalue weighted by atomic mass is 19.1. The molecule has 0 saturated carbocycles. The van der Waals surface area contributed by atoms with Gasteiger partial charge in [0.1, 0.15) is 5.82 Å². The first-order valence-corrected chi connectivity index (χ1v) is 6.27. The molecule has 17 heavy (non-hydrogen) atoms. The summed E-state index contributed by atoms with van der Waals surface area (Å²) in [5.74, 6) is 0.704. The number of hydrogen-bond donors (Lipinski definition) is 1. The lowest BCUT2D eigenvalue weighted by Crippen LogP contribution is -2.43. The molecule has 0 bridgehead atoms. The molecule has 1 unspecified atom stereocenters. The fraction of sp³-hybridized carbons (Fsp3) is 0.615. The van der Waals surface area contributed by atoms with E-state index in [4.69, 9.17) is 4.74 Å². The second-order valence-electron chi connectivity index (χ2n) is 4.50. The van der Waals surface area contributed by atoms with Gasteiger partial charge in [0.05, 0.1) is 12.8 Å². The molecular weight excluding hydrogens is 219 g/mol. The summed E-state index contributed by atoms with van der Waals surface area (Å²) >= 11 is 0. The summed E-state index contributed by atoms with van der Waals surface area (Å²) in [5.41, 5.74) is 0. The minimum absolute atomic E-state index is 0.330. The topological polar surface area (TPSA) is 34.1 Å². The molecule has 0 aromatic carbocycles. The molecule has 0 radical (unpaired) electrons. The molecule has 2 heterocycles. The molecule has 1 fully saturated rings. The maximum atomic E-state index is 12.7. The Kier molecular flexibility index (Phi) is 4.31. The van der Waals surface area contributed by atoms with Crippen molar-refractivity contribution in [2.45, 2.75) is 32.2 Å². The zero-order valence-corrected chi connectivity index (χ0v) is 10.2. The molecule has 0 amide bonds. The Morgan fingerprint density at radius 2 is 2.41 bits per heavy atom. The van der Waals surface area contributed by atoms with Crippen molar-refractivity contribution >= 4 is 0 Å². The van der Waals surface area contributed by atoms with Crippen molar-refractivity contribution in [1.29, 1.82) is 0 Å². The van der Waals surface area contributed by atoms with Gasteiger partial charge in [0.15, 0.2) is 0 Å². The van der Waals surface area contributed by atoms with Crippen LogP contribution in [0.4, 0.5) is 4.39 Å². The lowest BCUT2D eigenvalue weighted by molar-refractivity contribution is 0.168. The molecule has 3 nitrogen and oxygen atoms in total. The van der Waals surface area contributed by atoms with Gasteiger partial charge in [-0.25, -0.2) is 9.37 Å². The molecule has 1 N–H and O–H groups in total. The van der Waals surface area contributed by atoms with Gasteiger partial charge in [0, 0.05) is 18.0 Å². The van der Waals surface area contributed by atoms with Gasteiger partial charge in [0.2, 0.25) is 5.88 Å². The van der Waals surface area contributed by atoms with Gasteiger partial charge in [-0.05, 0) is 31.9 Å². The Labute approximate surface area is 101 Å². The van der Waals surface area contributed by atoms with Crippen molar-refractivity contribution in [2.24, 2.45) is 5.92 Å². The van der Waals surface area contributed by atoms with Crippen molar-refractivity contribution in [3.05, 3.63) is 24.1 Å². The SMILES string of the molecule is CCC1NCCC[C@H]1COc1ccc(F)cn1. The molecule has 1 aliphatic heterocycles. The van der Waals surface area contributed by atoms with Crippen LogP contribution in [0.25, 0.3) is 0 Å². The Hall–Kier alpha value is -1.16. The highest BCUT2D eigenvalue weighted by molar-refractivity contribution is 5.10. The largest absolute Gasteiger partial charge is 0.477 e. The lowest BCUT2D eigenvalue weighted by atomic mass is 9.90. The first-order valence-electron chi connectivity index (χ1n) is 6.27. The molecule has 2 rings (SSSR count). The molecule has 94 valence electrons. The van der Waals surface area contributed by atoms with Crippen molar-refractivity contribution in [1.82, 2.24) is 10.3 Å². The summed E-state index contributed by atoms with van der Waals surface area (Å²) in [7, 11) is 0. The van der Waals surface area contributed by atoms with Crippen LogP contribution < -0.4 is 10.1 Å². The van der Waals surface area contributed by atoms with Crippen molar-refractivity contribution in [3.8, 4) is 5.88 Å². The van der Waals surface area contributed by atoms with Gasteiger partial charge in [-0.3, -0.25) is 0 Å². The summed E-state index contributed by atoms with van der Waals surface area (Å²) in [6.07, 6.45) is 4.69. The van der Waals surface area contributed by atoms with Crippen LogP contribution in [-0.2, 0) is 0 Å². The molecule has 1 aromatic heterocycles. The van der Waals surface area contributed by atoms with Gasteiger partial charge in [-0.15, -0.1) is 0 Å². The molecule has 2 atom stereocenters. The predicted octanol–water partition coefficient (Wildman–Crippen LogP) is 2.38. The van der Waals surface area contributed by atoms with E-state index in [-0.39, 0.29) is 5.82 Å². The molecule has 1 saturated heterocycles. The monoisotopic (exact) mass is 238 g/mol. The quantitative estimate of drug-likeness (QED) is 0.874. The number of pyridine rings is 1. The van der Waals surface area contributed by atoms with Crippen molar-refractivity contribution < 1.29 is 9.13 Å². The zero-order valence-electron chi connectivity index (χ0n) is 10.2. The molecule has 1 aliphatic rings. The Morgan fingerprint density at radius 3 is 3.12 bits per heavy atom. The second kappa shape index (κ2) is 5.96. The number of nitrogens with zero attached hydrogens (tertiary/aromatic N) is 1. The first kappa shape index (κ1) is 12.3. The summed E-state index contributed by atoms with van der Waals surface area (Å²) in [6.45, 7) is 3.94. The summed E-state index contributed by atoms with van der Waals surface area (Å²) in [6, 6.07) is 3.48. The fourth-order valence-electron chi connectivity index (χ4n) is 2.34. The molecule has 0 aliphatic carbocycles. The average molecular weight is 238 g/mol. The maximum Gasteiger partial charge on any atom is 0.213 e. The van der Waals surface area contributed by atoms with Gasteiger partial charge >= 0.3 is 0 Å². The molecule has 0 spiro atoms. The van der Waals surface area contributed by atoms with Crippen LogP contribution in [0.1, 0.15) is 26.2 Å². The van der Waals surface area contributed by atoms with Gasteiger partial charge in [0.25, 0.3) is 0 Å². The number of halogens is 1. The van der Waals surface area contributed by atoms with Crippen LogP contribution in [0.5, 0.6) is 5.88 Å². The molecule has 4 heteroatoms. The van der Waals surface area contributed by atoms with Crippen LogP contribution >= 0.6 is 0 Å². The first-order chi connectivity index (χ1) is 8.29. The van der Waals surface area contributed by atoms with Crippen LogP contribution in [0.3, 0.4) is 0 Å². The minimum atomic E-state index is -0.330. The number of aromatic nitrogens is 1. The van der Waals surface area contributed by atoms with Gasteiger partial charge in [-0.1, -0.05) is 6.92 Å². The van der Waals surface area contributed by atoms with Crippen LogP contribution in [0, 0.1) is 11.7 Å². The summed E-state index contributed by atoms with van der Waals surface area (Å²) in [4.78, 5) is 3.90. The van der Waals surface area contributed by atoms with E-state index in [9.17, 15) is 4.39 Å². The molecular formula is C13H19FN2O. The summed E-state index contributed by atoms with van der Waals surface area (Å²) < 4.78 is 18.3. The van der Waals surface area contributed by atoms with E-state index in [2.05, 4.69) is 17.2 Å². The van der Waals surface area contributed by atoms with Gasteiger partial charge in [-0.2, -0.15) is 0 Å². The second-order valence-corrected chi connectivity index (χ2v) is 4.50. The number of nitrogens with one attached hydrogen (secondary N) is 1. The van der Waals surface area contributed by atoms with E-state index in [1.54, 1.807) is 6.07 Å². The predicted molar refractivity (Wildman–Crippen MR) is 64.5 cm³/mol. The van der Waals surface area contributed by atoms with E-state index in [1.807, 2.05) is 0 Å².